The van der Waals surface area contributed by atoms with Crippen molar-refractivity contribution in [1.82, 2.24) is 5.32 Å². The molecule has 1 unspecified atom stereocenters. The quantitative estimate of drug-likeness (QED) is 0.292. The molecule has 218 valence electrons. The molecule has 2 N–H and O–H groups in total. The largest absolute Gasteiger partial charge is 0.492 e. The molecule has 1 aliphatic carbocycles. The summed E-state index contributed by atoms with van der Waals surface area (Å²) in [5.41, 5.74) is 3.69. The van der Waals surface area contributed by atoms with Crippen LogP contribution in [0.3, 0.4) is 0 Å². The van der Waals surface area contributed by atoms with Crippen molar-refractivity contribution in [2.75, 3.05) is 31.7 Å². The third-order valence-corrected chi connectivity index (χ3v) is 7.04. The average molecular weight is 566 g/mol. The Morgan fingerprint density at radius 2 is 1.55 bits per heavy atom. The minimum Gasteiger partial charge on any atom is -0.492 e. The zero-order valence-corrected chi connectivity index (χ0v) is 24.6. The molecule has 7 nitrogen and oxygen atoms in total. The molecule has 2 aliphatic rings. The minimum absolute atomic E-state index is 0.278. The summed E-state index contributed by atoms with van der Waals surface area (Å²) in [6.45, 7) is 11.1. The lowest BCUT2D eigenvalue weighted by Gasteiger charge is -2.34. The van der Waals surface area contributed by atoms with Crippen LogP contribution in [0.15, 0.2) is 114 Å². The number of ether oxygens (including phenoxy) is 4. The van der Waals surface area contributed by atoms with E-state index in [2.05, 4.69) is 29.4 Å². The molecule has 0 bridgehead atoms. The van der Waals surface area contributed by atoms with Gasteiger partial charge in [-0.3, -0.25) is 0 Å². The lowest BCUT2D eigenvalue weighted by atomic mass is 9.91. The number of hydrogen-bond acceptors (Lipinski definition) is 7. The van der Waals surface area contributed by atoms with Crippen molar-refractivity contribution >= 4 is 17.2 Å². The van der Waals surface area contributed by atoms with Crippen molar-refractivity contribution in [2.45, 2.75) is 33.6 Å². The van der Waals surface area contributed by atoms with Gasteiger partial charge in [-0.25, -0.2) is 4.99 Å². The van der Waals surface area contributed by atoms with Gasteiger partial charge in [-0.05, 0) is 75.6 Å². The van der Waals surface area contributed by atoms with Gasteiger partial charge in [0.15, 0.2) is 0 Å². The third kappa shape index (κ3) is 7.35. The molecular formula is C35H39N3O4. The highest BCUT2D eigenvalue weighted by atomic mass is 16.5. The Bertz CT molecular complexity index is 1510. The summed E-state index contributed by atoms with van der Waals surface area (Å²) in [5.74, 6) is 3.71. The van der Waals surface area contributed by atoms with Gasteiger partial charge in [-0.1, -0.05) is 55.1 Å². The number of benzene rings is 3. The van der Waals surface area contributed by atoms with Gasteiger partial charge >= 0.3 is 0 Å². The van der Waals surface area contributed by atoms with E-state index in [1.165, 1.54) is 0 Å². The molecule has 3 aromatic carbocycles. The number of fused-ring (bicyclic) bond motifs is 2. The number of nitrogens with zero attached hydrogens (tertiary/aromatic N) is 1. The van der Waals surface area contributed by atoms with E-state index in [0.717, 1.165) is 58.5 Å². The van der Waals surface area contributed by atoms with Crippen molar-refractivity contribution in [3.05, 3.63) is 114 Å². The van der Waals surface area contributed by atoms with Crippen molar-refractivity contribution in [3.63, 3.8) is 0 Å². The van der Waals surface area contributed by atoms with Gasteiger partial charge in [-0.2, -0.15) is 0 Å². The van der Waals surface area contributed by atoms with Crippen LogP contribution < -0.4 is 24.8 Å². The first kappa shape index (κ1) is 28.9. The van der Waals surface area contributed by atoms with E-state index in [4.69, 9.17) is 23.9 Å². The monoisotopic (exact) mass is 565 g/mol. The van der Waals surface area contributed by atoms with E-state index in [0.29, 0.717) is 24.7 Å². The molecule has 3 aromatic rings. The Kier molecular flexibility index (Phi) is 9.17. The van der Waals surface area contributed by atoms with Gasteiger partial charge in [0.2, 0.25) is 0 Å². The molecule has 1 aliphatic heterocycles. The maximum atomic E-state index is 6.58. The van der Waals surface area contributed by atoms with Crippen molar-refractivity contribution in [1.29, 1.82) is 0 Å². The van der Waals surface area contributed by atoms with E-state index in [1.54, 1.807) is 0 Å². The lowest BCUT2D eigenvalue weighted by Crippen LogP contribution is -2.45. The fraction of sp³-hybridized carbons (Fsp3) is 0.286. The second-order valence-electron chi connectivity index (χ2n) is 10.9. The van der Waals surface area contributed by atoms with Crippen LogP contribution in [0.4, 0.5) is 11.4 Å². The molecular weight excluding hydrogens is 526 g/mol. The fourth-order valence-electron chi connectivity index (χ4n) is 4.79. The summed E-state index contributed by atoms with van der Waals surface area (Å²) < 4.78 is 26.1. The van der Waals surface area contributed by atoms with Crippen LogP contribution in [-0.2, 0) is 4.74 Å². The molecule has 42 heavy (non-hydrogen) atoms. The van der Waals surface area contributed by atoms with Crippen molar-refractivity contribution in [3.8, 4) is 17.2 Å². The predicted molar refractivity (Wildman–Crippen MR) is 169 cm³/mol. The van der Waals surface area contributed by atoms with Gasteiger partial charge in [0.25, 0.3) is 0 Å². The Hall–Kier alpha value is -4.65. The molecule has 0 aromatic heterocycles. The number of para-hydroxylation sites is 5. The molecule has 1 atom stereocenters. The number of aliphatic imine (C=N–C) groups is 1. The van der Waals surface area contributed by atoms with Crippen LogP contribution in [0.5, 0.6) is 17.2 Å². The zero-order valence-electron chi connectivity index (χ0n) is 24.6. The highest BCUT2D eigenvalue weighted by molar-refractivity contribution is 5.96. The van der Waals surface area contributed by atoms with Crippen LogP contribution in [0.25, 0.3) is 0 Å². The molecule has 5 rings (SSSR count). The van der Waals surface area contributed by atoms with Gasteiger partial charge in [-0.15, -0.1) is 0 Å². The summed E-state index contributed by atoms with van der Waals surface area (Å²) in [7, 11) is 0. The number of hydrogen-bond donors (Lipinski definition) is 2. The molecule has 1 heterocycles. The standard InChI is InChI=1S/C35H39N3O4/c1-25(2)36-28-14-6-10-18-32(28)40-22-35(21-39-31-17-9-5-13-26(31)3)23-41-33-19-11-7-15-29(33)37-27(4)38-30-16-8-12-20-34(30)42-24-35/h5,7-9,11-20,36H,1,6,10,21-24H2,2-4H3,(H,37,38). The van der Waals surface area contributed by atoms with Crippen molar-refractivity contribution in [2.24, 2.45) is 10.4 Å². The van der Waals surface area contributed by atoms with Crippen LogP contribution in [0, 0.1) is 12.3 Å². The Labute approximate surface area is 248 Å². The molecule has 0 saturated carbocycles. The first-order valence-corrected chi connectivity index (χ1v) is 14.3. The third-order valence-electron chi connectivity index (χ3n) is 7.04. The molecule has 0 fully saturated rings. The highest BCUT2D eigenvalue weighted by Gasteiger charge is 2.37. The number of anilines is 1. The van der Waals surface area contributed by atoms with Crippen LogP contribution in [0.2, 0.25) is 0 Å². The summed E-state index contributed by atoms with van der Waals surface area (Å²) in [6.07, 6.45) is 6.11. The van der Waals surface area contributed by atoms with E-state index in [1.807, 2.05) is 93.6 Å². The first-order valence-electron chi connectivity index (χ1n) is 14.3. The Balaban J connectivity index is 1.52. The topological polar surface area (TPSA) is 73.3 Å². The molecule has 0 saturated heterocycles. The zero-order chi connectivity index (χ0) is 29.4. The van der Waals surface area contributed by atoms with Gasteiger partial charge in [0, 0.05) is 5.70 Å². The minimum atomic E-state index is -0.701. The lowest BCUT2D eigenvalue weighted by molar-refractivity contribution is -0.0213. The van der Waals surface area contributed by atoms with E-state index in [9.17, 15) is 0 Å². The SMILES string of the molecule is C=C(C)NC1=CCCC=C1OCC1(COc2ccccc2C)COc2ccccc2/N=C(\C)Nc2ccccc2OC1. The Morgan fingerprint density at radius 3 is 2.36 bits per heavy atom. The number of allylic oxidation sites excluding steroid dienone is 3. The molecule has 0 amide bonds. The summed E-state index contributed by atoms with van der Waals surface area (Å²) in [6, 6.07) is 23.7. The van der Waals surface area contributed by atoms with Crippen LogP contribution >= 0.6 is 0 Å². The second kappa shape index (κ2) is 13.3. The van der Waals surface area contributed by atoms with Gasteiger partial charge in [0.1, 0.15) is 66.4 Å². The van der Waals surface area contributed by atoms with E-state index < -0.39 is 5.41 Å². The number of rotatable bonds is 8. The molecule has 0 spiro atoms. The fourth-order valence-corrected chi connectivity index (χ4v) is 4.79. The van der Waals surface area contributed by atoms with E-state index >= 15 is 0 Å². The smallest absolute Gasteiger partial charge is 0.145 e. The second-order valence-corrected chi connectivity index (χ2v) is 10.9. The Morgan fingerprint density at radius 1 is 0.881 bits per heavy atom. The summed E-state index contributed by atoms with van der Waals surface area (Å²) >= 11 is 0. The first-order chi connectivity index (χ1) is 20.4. The highest BCUT2D eigenvalue weighted by Crippen LogP contribution is 2.34. The van der Waals surface area contributed by atoms with Crippen LogP contribution in [0.1, 0.15) is 32.3 Å². The van der Waals surface area contributed by atoms with Gasteiger partial charge < -0.3 is 29.6 Å². The predicted octanol–water partition coefficient (Wildman–Crippen LogP) is 7.70. The molecule has 7 heteroatoms. The summed E-state index contributed by atoms with van der Waals surface area (Å²) in [4.78, 5) is 4.81. The average Bonchev–Trinajstić information content (AvgIpc) is 2.98. The number of amidine groups is 1. The van der Waals surface area contributed by atoms with Crippen molar-refractivity contribution < 1.29 is 18.9 Å². The maximum absolute atomic E-state index is 6.58. The van der Waals surface area contributed by atoms with Gasteiger partial charge in [0.05, 0.1) is 11.4 Å². The number of aryl methyl sites for hydroxylation is 1. The number of nitrogens with one attached hydrogen (secondary N) is 2. The van der Waals surface area contributed by atoms with E-state index in [-0.39, 0.29) is 13.2 Å². The van der Waals surface area contributed by atoms with Crippen LogP contribution in [-0.4, -0.2) is 32.3 Å². The molecule has 0 radical (unpaired) electrons. The normalized spacial score (nSPS) is 19.6. The maximum Gasteiger partial charge on any atom is 0.145 e. The summed E-state index contributed by atoms with van der Waals surface area (Å²) in [5, 5.41) is 6.73.